The number of aromatic nitrogens is 1. The molecule has 0 spiro atoms. The Hall–Kier alpha value is -1.43. The molecule has 1 heterocycles. The van der Waals surface area contributed by atoms with Gasteiger partial charge in [0.2, 0.25) is 0 Å². The minimum absolute atomic E-state index is 0.0840. The summed E-state index contributed by atoms with van der Waals surface area (Å²) in [4.78, 5) is 28.4. The van der Waals surface area contributed by atoms with Crippen LogP contribution in [0.4, 0.5) is 0 Å². The Morgan fingerprint density at radius 1 is 1.33 bits per heavy atom. The summed E-state index contributed by atoms with van der Waals surface area (Å²) >= 11 is 3.22. The monoisotopic (exact) mass is 356 g/mol. The summed E-state index contributed by atoms with van der Waals surface area (Å²) in [5.41, 5.74) is -0.212. The van der Waals surface area contributed by atoms with E-state index in [0.29, 0.717) is 10.2 Å². The van der Waals surface area contributed by atoms with Gasteiger partial charge in [-0.2, -0.15) is 0 Å². The average molecular weight is 357 g/mol. The first-order chi connectivity index (χ1) is 9.61. The van der Waals surface area contributed by atoms with Gasteiger partial charge in [-0.05, 0) is 54.8 Å². The van der Waals surface area contributed by atoms with Gasteiger partial charge in [-0.1, -0.05) is 13.8 Å². The number of rotatable bonds is 4. The molecule has 1 aromatic rings. The van der Waals surface area contributed by atoms with E-state index >= 15 is 0 Å². The van der Waals surface area contributed by atoms with E-state index in [0.717, 1.165) is 0 Å². The summed E-state index contributed by atoms with van der Waals surface area (Å²) in [6.07, 6.45) is 1.58. The summed E-state index contributed by atoms with van der Waals surface area (Å²) < 4.78 is 5.79. The van der Waals surface area contributed by atoms with E-state index in [1.165, 1.54) is 0 Å². The van der Waals surface area contributed by atoms with E-state index in [1.807, 2.05) is 13.8 Å². The molecule has 116 valence electrons. The zero-order chi connectivity index (χ0) is 16.2. The quantitative estimate of drug-likeness (QED) is 0.665. The van der Waals surface area contributed by atoms with E-state index in [9.17, 15) is 9.59 Å². The topological polar surface area (TPSA) is 68.3 Å². The Balaban J connectivity index is 2.87. The van der Waals surface area contributed by atoms with Gasteiger partial charge in [0.1, 0.15) is 16.2 Å². The maximum absolute atomic E-state index is 12.3. The van der Waals surface area contributed by atoms with Crippen molar-refractivity contribution in [3.63, 3.8) is 0 Å². The Morgan fingerprint density at radius 3 is 2.43 bits per heavy atom. The SMILES string of the molecule is CC(C)[C@@H](NC(=O)c1cccnc1Br)C(=O)OC(C)(C)C. The standard InChI is InChI=1S/C15H21BrN2O3/c1-9(2)11(14(20)21-15(3,4)5)18-13(19)10-7-6-8-17-12(10)16/h6-9,11H,1-5H3,(H,18,19)/t11-/m1/s1. The van der Waals surface area contributed by atoms with Crippen LogP contribution in [0.1, 0.15) is 45.0 Å². The van der Waals surface area contributed by atoms with Crippen LogP contribution in [0, 0.1) is 5.92 Å². The molecule has 1 rings (SSSR count). The van der Waals surface area contributed by atoms with Crippen molar-refractivity contribution in [2.45, 2.75) is 46.3 Å². The van der Waals surface area contributed by atoms with Crippen molar-refractivity contribution < 1.29 is 14.3 Å². The number of nitrogens with zero attached hydrogens (tertiary/aromatic N) is 1. The summed E-state index contributed by atoms with van der Waals surface area (Å²) in [5.74, 6) is -0.885. The number of pyridine rings is 1. The van der Waals surface area contributed by atoms with Crippen LogP contribution >= 0.6 is 15.9 Å². The van der Waals surface area contributed by atoms with Gasteiger partial charge in [0.05, 0.1) is 5.56 Å². The van der Waals surface area contributed by atoms with Gasteiger partial charge in [0, 0.05) is 6.20 Å². The highest BCUT2D eigenvalue weighted by molar-refractivity contribution is 9.10. The molecule has 1 N–H and O–H groups in total. The van der Waals surface area contributed by atoms with Crippen LogP contribution in [0.5, 0.6) is 0 Å². The molecule has 0 saturated heterocycles. The minimum atomic E-state index is -0.705. The smallest absolute Gasteiger partial charge is 0.329 e. The number of amides is 1. The van der Waals surface area contributed by atoms with Crippen LogP contribution in [0.25, 0.3) is 0 Å². The van der Waals surface area contributed by atoms with Gasteiger partial charge >= 0.3 is 5.97 Å². The molecule has 0 aliphatic rings. The zero-order valence-electron chi connectivity index (χ0n) is 12.9. The molecule has 0 aliphatic heterocycles. The molecule has 1 aromatic heterocycles. The maximum Gasteiger partial charge on any atom is 0.329 e. The fourth-order valence-corrected chi connectivity index (χ4v) is 2.07. The maximum atomic E-state index is 12.3. The summed E-state index contributed by atoms with van der Waals surface area (Å²) in [5, 5.41) is 2.71. The van der Waals surface area contributed by atoms with Crippen molar-refractivity contribution in [1.82, 2.24) is 10.3 Å². The molecule has 0 saturated carbocycles. The first kappa shape index (κ1) is 17.6. The Kier molecular flexibility index (Phi) is 5.89. The molecule has 6 heteroatoms. The molecule has 1 atom stereocenters. The highest BCUT2D eigenvalue weighted by atomic mass is 79.9. The first-order valence-corrected chi connectivity index (χ1v) is 7.55. The number of hydrogen-bond acceptors (Lipinski definition) is 4. The van der Waals surface area contributed by atoms with E-state index in [4.69, 9.17) is 4.74 Å². The van der Waals surface area contributed by atoms with Gasteiger partial charge in [-0.3, -0.25) is 4.79 Å². The second-order valence-corrected chi connectivity index (χ2v) is 6.82. The molecular formula is C15H21BrN2O3. The summed E-state index contributed by atoms with van der Waals surface area (Å²) in [7, 11) is 0. The largest absolute Gasteiger partial charge is 0.458 e. The van der Waals surface area contributed by atoms with Gasteiger partial charge < -0.3 is 10.1 Å². The van der Waals surface area contributed by atoms with Crippen LogP contribution in [-0.2, 0) is 9.53 Å². The molecule has 0 radical (unpaired) electrons. The Morgan fingerprint density at radius 2 is 1.95 bits per heavy atom. The summed E-state index contributed by atoms with van der Waals surface area (Å²) in [6.45, 7) is 9.09. The number of nitrogens with one attached hydrogen (secondary N) is 1. The second kappa shape index (κ2) is 7.02. The van der Waals surface area contributed by atoms with Crippen LogP contribution in [0.2, 0.25) is 0 Å². The highest BCUT2D eigenvalue weighted by Crippen LogP contribution is 2.15. The molecule has 5 nitrogen and oxygen atoms in total. The molecule has 0 aliphatic carbocycles. The van der Waals surface area contributed by atoms with Gasteiger partial charge in [-0.15, -0.1) is 0 Å². The normalized spacial score (nSPS) is 12.9. The lowest BCUT2D eigenvalue weighted by Crippen LogP contribution is -2.47. The van der Waals surface area contributed by atoms with E-state index < -0.39 is 17.6 Å². The first-order valence-electron chi connectivity index (χ1n) is 6.76. The van der Waals surface area contributed by atoms with Crippen molar-refractivity contribution >= 4 is 27.8 Å². The number of halogens is 1. The summed E-state index contributed by atoms with van der Waals surface area (Å²) in [6, 6.07) is 2.60. The number of carbonyl (C=O) groups is 2. The number of carbonyl (C=O) groups excluding carboxylic acids is 2. The van der Waals surface area contributed by atoms with Crippen molar-refractivity contribution in [3.8, 4) is 0 Å². The highest BCUT2D eigenvalue weighted by Gasteiger charge is 2.29. The third-order valence-corrected chi connectivity index (χ3v) is 3.25. The predicted molar refractivity (Wildman–Crippen MR) is 83.9 cm³/mol. The third-order valence-electron chi connectivity index (χ3n) is 2.62. The van der Waals surface area contributed by atoms with E-state index in [1.54, 1.807) is 39.1 Å². The number of hydrogen-bond donors (Lipinski definition) is 1. The van der Waals surface area contributed by atoms with Crippen LogP contribution in [-0.4, -0.2) is 28.5 Å². The number of ether oxygens (including phenoxy) is 1. The van der Waals surface area contributed by atoms with Crippen molar-refractivity contribution in [1.29, 1.82) is 0 Å². The predicted octanol–water partition coefficient (Wildman–Crippen LogP) is 2.94. The fraction of sp³-hybridized carbons (Fsp3) is 0.533. The molecule has 0 unspecified atom stereocenters. The van der Waals surface area contributed by atoms with Crippen molar-refractivity contribution in [3.05, 3.63) is 28.5 Å². The third kappa shape index (κ3) is 5.46. The van der Waals surface area contributed by atoms with Gasteiger partial charge in [0.15, 0.2) is 0 Å². The fourth-order valence-electron chi connectivity index (χ4n) is 1.64. The minimum Gasteiger partial charge on any atom is -0.458 e. The van der Waals surface area contributed by atoms with Crippen molar-refractivity contribution in [2.24, 2.45) is 5.92 Å². The number of esters is 1. The average Bonchev–Trinajstić information content (AvgIpc) is 2.33. The molecular weight excluding hydrogens is 336 g/mol. The lowest BCUT2D eigenvalue weighted by molar-refractivity contribution is -0.158. The second-order valence-electron chi connectivity index (χ2n) is 6.07. The van der Waals surface area contributed by atoms with Crippen LogP contribution in [0.15, 0.2) is 22.9 Å². The molecule has 21 heavy (non-hydrogen) atoms. The lowest BCUT2D eigenvalue weighted by Gasteiger charge is -2.26. The van der Waals surface area contributed by atoms with Gasteiger partial charge in [0.25, 0.3) is 5.91 Å². The Bertz CT molecular complexity index is 524. The van der Waals surface area contributed by atoms with E-state index in [-0.39, 0.29) is 11.8 Å². The molecule has 0 bridgehead atoms. The lowest BCUT2D eigenvalue weighted by atomic mass is 10.0. The van der Waals surface area contributed by atoms with Gasteiger partial charge in [-0.25, -0.2) is 9.78 Å². The molecule has 1 amide bonds. The van der Waals surface area contributed by atoms with Crippen LogP contribution in [0.3, 0.4) is 0 Å². The van der Waals surface area contributed by atoms with Crippen LogP contribution < -0.4 is 5.32 Å². The molecule has 0 aromatic carbocycles. The Labute approximate surface area is 133 Å². The van der Waals surface area contributed by atoms with Crippen molar-refractivity contribution in [2.75, 3.05) is 0 Å². The van der Waals surface area contributed by atoms with E-state index in [2.05, 4.69) is 26.2 Å². The molecule has 0 fully saturated rings. The zero-order valence-corrected chi connectivity index (χ0v) is 14.5.